The number of rotatable bonds is 3. The number of methoxy groups -OCH3 is 1. The van der Waals surface area contributed by atoms with Gasteiger partial charge < -0.3 is 9.84 Å². The van der Waals surface area contributed by atoms with Crippen LogP contribution in [0.3, 0.4) is 0 Å². The monoisotopic (exact) mass is 416 g/mol. The molecule has 1 aliphatic heterocycles. The molecule has 1 aromatic rings. The molecule has 1 heterocycles. The Morgan fingerprint density at radius 3 is 2.71 bits per heavy atom. The molecule has 0 amide bonds. The van der Waals surface area contributed by atoms with Gasteiger partial charge >= 0.3 is 6.18 Å². The molecule has 2 saturated carbocycles. The van der Waals surface area contributed by atoms with Crippen LogP contribution < -0.4 is 4.31 Å². The Morgan fingerprint density at radius 1 is 1.39 bits per heavy atom. The molecule has 0 radical (unpaired) electrons. The molecule has 152 valence electrons. The second kappa shape index (κ2) is 6.08. The second-order valence-electron chi connectivity index (χ2n) is 7.77. The van der Waals surface area contributed by atoms with E-state index in [9.17, 15) is 26.7 Å². The van der Waals surface area contributed by atoms with Crippen molar-refractivity contribution in [2.75, 3.05) is 24.6 Å². The lowest BCUT2D eigenvalue weighted by Gasteiger charge is -2.37. The number of hydrogen-bond donors (Lipinski definition) is 1. The molecule has 3 fully saturated rings. The largest absolute Gasteiger partial charge is 0.417 e. The summed E-state index contributed by atoms with van der Waals surface area (Å²) < 4.78 is 72.0. The quantitative estimate of drug-likeness (QED) is 0.815. The minimum absolute atomic E-state index is 0.00683. The average Bonchev–Trinajstić information content (AvgIpc) is 3.21. The first-order chi connectivity index (χ1) is 13.1. The van der Waals surface area contributed by atoms with Crippen molar-refractivity contribution in [3.8, 4) is 6.07 Å². The first kappa shape index (κ1) is 19.5. The third-order valence-electron chi connectivity index (χ3n) is 6.63. The summed E-state index contributed by atoms with van der Waals surface area (Å²) in [5.74, 6) is -0.940. The first-order valence-electron chi connectivity index (χ1n) is 8.88. The van der Waals surface area contributed by atoms with Crippen LogP contribution in [0.5, 0.6) is 0 Å². The Labute approximate surface area is 160 Å². The highest BCUT2D eigenvalue weighted by Crippen LogP contribution is 2.62. The number of sulfonamides is 1. The standard InChI is InChI=1S/C18H19F3N2O4S/c1-27-9-17-11-4-13(16(24)5-11)15(17)8-23(28(17,25)26)12-3-2-10(7-22)14(6-12)18(19,20)21/h2-3,6,11,13,15-16,24H,4-5,8-9H2,1H3/t11-,13-,15-,16+,17+/m0/s1. The highest BCUT2D eigenvalue weighted by molar-refractivity contribution is 7.94. The number of nitriles is 1. The minimum Gasteiger partial charge on any atom is -0.393 e. The van der Waals surface area contributed by atoms with Crippen LogP contribution in [0.2, 0.25) is 0 Å². The fraction of sp³-hybridized carbons (Fsp3) is 0.611. The first-order valence-corrected chi connectivity index (χ1v) is 10.3. The highest BCUT2D eigenvalue weighted by Gasteiger charge is 2.72. The van der Waals surface area contributed by atoms with E-state index in [0.29, 0.717) is 12.8 Å². The number of alkyl halides is 3. The summed E-state index contributed by atoms with van der Waals surface area (Å²) in [6, 6.07) is 4.44. The van der Waals surface area contributed by atoms with E-state index in [1.54, 1.807) is 0 Å². The predicted molar refractivity (Wildman–Crippen MR) is 92.7 cm³/mol. The van der Waals surface area contributed by atoms with Crippen molar-refractivity contribution in [2.24, 2.45) is 17.8 Å². The maximum Gasteiger partial charge on any atom is 0.417 e. The summed E-state index contributed by atoms with van der Waals surface area (Å²) in [5, 5.41) is 19.2. The number of ether oxygens (including phenoxy) is 1. The summed E-state index contributed by atoms with van der Waals surface area (Å²) in [6.07, 6.45) is -4.47. The van der Waals surface area contributed by atoms with Gasteiger partial charge in [-0.1, -0.05) is 0 Å². The zero-order chi connectivity index (χ0) is 20.5. The molecule has 0 aromatic heterocycles. The molecular formula is C18H19F3N2O4S. The SMILES string of the molecule is COC[C@@]12[C@H]3C[C@H]([C@H](O)C3)[C@@H]1CN(c1ccc(C#N)c(C(F)(F)F)c1)S2(=O)=O. The Balaban J connectivity index is 1.83. The summed E-state index contributed by atoms with van der Waals surface area (Å²) in [4.78, 5) is 0. The van der Waals surface area contributed by atoms with Crippen LogP contribution in [-0.2, 0) is 20.9 Å². The molecule has 2 bridgehead atoms. The van der Waals surface area contributed by atoms with Gasteiger partial charge in [-0.25, -0.2) is 8.42 Å². The Hall–Kier alpha value is -1.83. The van der Waals surface area contributed by atoms with Crippen LogP contribution >= 0.6 is 0 Å². The van der Waals surface area contributed by atoms with Crippen LogP contribution in [0.15, 0.2) is 18.2 Å². The molecule has 3 aliphatic rings. The molecular weight excluding hydrogens is 397 g/mol. The van der Waals surface area contributed by atoms with Gasteiger partial charge in [-0.15, -0.1) is 0 Å². The normalized spacial score (nSPS) is 35.8. The smallest absolute Gasteiger partial charge is 0.393 e. The minimum atomic E-state index is -4.78. The van der Waals surface area contributed by atoms with Gasteiger partial charge in [-0.3, -0.25) is 4.31 Å². The van der Waals surface area contributed by atoms with Crippen molar-refractivity contribution < 1.29 is 31.4 Å². The summed E-state index contributed by atoms with van der Waals surface area (Å²) >= 11 is 0. The molecule has 0 spiro atoms. The van der Waals surface area contributed by atoms with Crippen LogP contribution in [0.4, 0.5) is 18.9 Å². The zero-order valence-corrected chi connectivity index (χ0v) is 15.8. The van der Waals surface area contributed by atoms with E-state index in [0.717, 1.165) is 16.4 Å². The molecule has 2 aliphatic carbocycles. The molecule has 4 rings (SSSR count). The van der Waals surface area contributed by atoms with E-state index in [4.69, 9.17) is 10.00 Å². The van der Waals surface area contributed by atoms with E-state index in [1.165, 1.54) is 19.2 Å². The highest BCUT2D eigenvalue weighted by atomic mass is 32.2. The average molecular weight is 416 g/mol. The molecule has 5 atom stereocenters. The topological polar surface area (TPSA) is 90.6 Å². The van der Waals surface area contributed by atoms with Gasteiger partial charge in [0.15, 0.2) is 0 Å². The third kappa shape index (κ3) is 2.36. The lowest BCUT2D eigenvalue weighted by atomic mass is 9.77. The van der Waals surface area contributed by atoms with E-state index in [-0.39, 0.29) is 30.7 Å². The number of nitrogens with zero attached hydrogens (tertiary/aromatic N) is 2. The van der Waals surface area contributed by atoms with Gasteiger partial charge in [0.2, 0.25) is 10.0 Å². The van der Waals surface area contributed by atoms with E-state index < -0.39 is 44.1 Å². The molecule has 10 heteroatoms. The number of halogens is 3. The van der Waals surface area contributed by atoms with Crippen molar-refractivity contribution in [1.82, 2.24) is 0 Å². The molecule has 28 heavy (non-hydrogen) atoms. The van der Waals surface area contributed by atoms with Gasteiger partial charge in [0, 0.05) is 19.6 Å². The van der Waals surface area contributed by atoms with Crippen molar-refractivity contribution >= 4 is 15.7 Å². The number of aliphatic hydroxyl groups excluding tert-OH is 1. The van der Waals surface area contributed by atoms with Crippen LogP contribution in [0, 0.1) is 29.1 Å². The number of hydrogen-bond acceptors (Lipinski definition) is 5. The molecule has 1 N–H and O–H groups in total. The van der Waals surface area contributed by atoms with Crippen LogP contribution in [-0.4, -0.2) is 44.6 Å². The Morgan fingerprint density at radius 2 is 2.11 bits per heavy atom. The Bertz CT molecular complexity index is 959. The van der Waals surface area contributed by atoms with Gasteiger partial charge in [0.05, 0.1) is 35.6 Å². The second-order valence-corrected chi connectivity index (χ2v) is 9.92. The fourth-order valence-corrected chi connectivity index (χ4v) is 8.18. The van der Waals surface area contributed by atoms with Crippen LogP contribution in [0.25, 0.3) is 0 Å². The lowest BCUT2D eigenvalue weighted by molar-refractivity contribution is -0.137. The lowest BCUT2D eigenvalue weighted by Crippen LogP contribution is -2.53. The van der Waals surface area contributed by atoms with E-state index >= 15 is 0 Å². The van der Waals surface area contributed by atoms with Crippen LogP contribution in [0.1, 0.15) is 24.0 Å². The number of anilines is 1. The molecule has 1 aromatic carbocycles. The Kier molecular flexibility index (Phi) is 4.23. The van der Waals surface area contributed by atoms with E-state index in [1.807, 2.05) is 0 Å². The fourth-order valence-electron chi connectivity index (χ4n) is 5.51. The van der Waals surface area contributed by atoms with Gasteiger partial charge in [0.25, 0.3) is 0 Å². The number of fused-ring (bicyclic) bond motifs is 5. The summed E-state index contributed by atoms with van der Waals surface area (Å²) in [5.41, 5.74) is -1.84. The van der Waals surface area contributed by atoms with Gasteiger partial charge in [-0.2, -0.15) is 18.4 Å². The van der Waals surface area contributed by atoms with Crippen molar-refractivity contribution in [2.45, 2.75) is 29.9 Å². The van der Waals surface area contributed by atoms with Crippen molar-refractivity contribution in [3.63, 3.8) is 0 Å². The predicted octanol–water partition coefficient (Wildman–Crippen LogP) is 2.13. The van der Waals surface area contributed by atoms with Gasteiger partial charge in [-0.05, 0) is 42.9 Å². The van der Waals surface area contributed by atoms with E-state index in [2.05, 4.69) is 0 Å². The molecule has 6 nitrogen and oxygen atoms in total. The maximum absolute atomic E-state index is 13.5. The van der Waals surface area contributed by atoms with Crippen molar-refractivity contribution in [1.29, 1.82) is 5.26 Å². The third-order valence-corrected chi connectivity index (χ3v) is 9.29. The molecule has 1 saturated heterocycles. The van der Waals surface area contributed by atoms with Crippen molar-refractivity contribution in [3.05, 3.63) is 29.3 Å². The molecule has 0 unspecified atom stereocenters. The summed E-state index contributed by atoms with van der Waals surface area (Å²) in [6.45, 7) is -0.0695. The van der Waals surface area contributed by atoms with Gasteiger partial charge in [0.1, 0.15) is 4.75 Å². The summed E-state index contributed by atoms with van der Waals surface area (Å²) in [7, 11) is -2.63. The maximum atomic E-state index is 13.5. The number of aliphatic hydroxyl groups is 1. The zero-order valence-electron chi connectivity index (χ0n) is 15.0. The number of benzene rings is 1.